The second kappa shape index (κ2) is 7.77. The average molecular weight is 422 g/mol. The fraction of sp³-hybridized carbons (Fsp3) is 0.120. The lowest BCUT2D eigenvalue weighted by atomic mass is 9.99. The third-order valence-electron chi connectivity index (χ3n) is 5.56. The van der Waals surface area contributed by atoms with Gasteiger partial charge in [0.2, 0.25) is 0 Å². The van der Waals surface area contributed by atoms with Crippen molar-refractivity contribution in [3.63, 3.8) is 0 Å². The third-order valence-corrected chi connectivity index (χ3v) is 5.56. The van der Waals surface area contributed by atoms with Crippen LogP contribution >= 0.6 is 0 Å². The van der Waals surface area contributed by atoms with Crippen LogP contribution in [0.25, 0.3) is 33.4 Å². The fourth-order valence-corrected chi connectivity index (χ4v) is 3.83. The molecule has 4 aromatic heterocycles. The minimum atomic E-state index is -0.0412. The maximum atomic E-state index is 13.2. The largest absolute Gasteiger partial charge is 0.339 e. The highest BCUT2D eigenvalue weighted by atomic mass is 16.1. The van der Waals surface area contributed by atoms with Crippen LogP contribution in [0.15, 0.2) is 71.8 Å². The van der Waals surface area contributed by atoms with Gasteiger partial charge in [-0.3, -0.25) is 19.9 Å². The summed E-state index contributed by atoms with van der Waals surface area (Å²) in [6.45, 7) is 3.93. The van der Waals surface area contributed by atoms with Gasteiger partial charge in [0.15, 0.2) is 5.82 Å². The summed E-state index contributed by atoms with van der Waals surface area (Å²) in [6, 6.07) is 17.5. The fourth-order valence-electron chi connectivity index (χ4n) is 3.83. The summed E-state index contributed by atoms with van der Waals surface area (Å²) in [5.41, 5.74) is 6.73. The van der Waals surface area contributed by atoms with Gasteiger partial charge >= 0.3 is 0 Å². The van der Waals surface area contributed by atoms with Gasteiger partial charge in [-0.25, -0.2) is 0 Å². The number of aryl methyl sites for hydroxylation is 3. The molecular formula is C25H22N6O. The molecule has 0 saturated carbocycles. The molecule has 0 bridgehead atoms. The van der Waals surface area contributed by atoms with E-state index in [-0.39, 0.29) is 5.56 Å². The van der Waals surface area contributed by atoms with E-state index in [1.165, 1.54) is 0 Å². The Bertz CT molecular complexity index is 1500. The maximum Gasteiger partial charge on any atom is 0.258 e. The van der Waals surface area contributed by atoms with E-state index in [2.05, 4.69) is 25.5 Å². The topological polar surface area (TPSA) is 88.5 Å². The van der Waals surface area contributed by atoms with Crippen molar-refractivity contribution >= 4 is 22.4 Å². The minimum absolute atomic E-state index is 0.0412. The Balaban J connectivity index is 1.53. The van der Waals surface area contributed by atoms with Gasteiger partial charge in [0.1, 0.15) is 0 Å². The van der Waals surface area contributed by atoms with Gasteiger partial charge in [-0.05, 0) is 61.4 Å². The number of fused-ring (bicyclic) bond motifs is 1. The molecule has 5 rings (SSSR count). The lowest BCUT2D eigenvalue weighted by Crippen LogP contribution is -2.19. The molecule has 0 spiro atoms. The summed E-state index contributed by atoms with van der Waals surface area (Å²) in [7, 11) is 1.80. The first-order chi connectivity index (χ1) is 15.5. The lowest BCUT2D eigenvalue weighted by Gasteiger charge is -2.13. The molecule has 5 aromatic rings. The predicted octanol–water partition coefficient (Wildman–Crippen LogP) is 4.75. The zero-order valence-corrected chi connectivity index (χ0v) is 18.0. The van der Waals surface area contributed by atoms with Crippen LogP contribution in [0, 0.1) is 13.8 Å². The second-order valence-electron chi connectivity index (χ2n) is 7.84. The number of aromatic nitrogens is 5. The summed E-state index contributed by atoms with van der Waals surface area (Å²) in [5.74, 6) is 0.673. The van der Waals surface area contributed by atoms with Crippen LogP contribution in [0.5, 0.6) is 0 Å². The van der Waals surface area contributed by atoms with Gasteiger partial charge in [-0.1, -0.05) is 12.1 Å². The molecular weight excluding hydrogens is 400 g/mol. The molecule has 32 heavy (non-hydrogen) atoms. The molecule has 2 N–H and O–H groups in total. The van der Waals surface area contributed by atoms with Crippen LogP contribution in [-0.2, 0) is 7.05 Å². The van der Waals surface area contributed by atoms with Gasteiger partial charge in [-0.15, -0.1) is 0 Å². The second-order valence-corrected chi connectivity index (χ2v) is 7.84. The molecule has 7 nitrogen and oxygen atoms in total. The Morgan fingerprint density at radius 2 is 1.84 bits per heavy atom. The van der Waals surface area contributed by atoms with Gasteiger partial charge in [0.25, 0.3) is 5.56 Å². The van der Waals surface area contributed by atoms with E-state index in [1.54, 1.807) is 17.8 Å². The Kier molecular flexibility index (Phi) is 4.78. The molecule has 0 aliphatic heterocycles. The molecule has 0 saturated heterocycles. The van der Waals surface area contributed by atoms with Crippen LogP contribution in [0.4, 0.5) is 11.5 Å². The molecule has 0 atom stereocenters. The molecule has 0 aliphatic carbocycles. The smallest absolute Gasteiger partial charge is 0.258 e. The number of nitrogens with zero attached hydrogens (tertiary/aromatic N) is 4. The van der Waals surface area contributed by atoms with Crippen molar-refractivity contribution in [3.05, 3.63) is 88.6 Å². The van der Waals surface area contributed by atoms with Gasteiger partial charge < -0.3 is 9.88 Å². The molecule has 7 heteroatoms. The summed E-state index contributed by atoms with van der Waals surface area (Å²) in [5, 5.41) is 11.6. The summed E-state index contributed by atoms with van der Waals surface area (Å²) < 4.78 is 1.69. The van der Waals surface area contributed by atoms with E-state index in [4.69, 9.17) is 0 Å². The van der Waals surface area contributed by atoms with Crippen LogP contribution in [0.2, 0.25) is 0 Å². The Morgan fingerprint density at radius 1 is 0.969 bits per heavy atom. The monoisotopic (exact) mass is 422 g/mol. The van der Waals surface area contributed by atoms with E-state index in [0.29, 0.717) is 11.4 Å². The number of hydrogen-bond acceptors (Lipinski definition) is 5. The van der Waals surface area contributed by atoms with Gasteiger partial charge in [0, 0.05) is 47.8 Å². The molecule has 158 valence electrons. The maximum absolute atomic E-state index is 13.2. The number of hydrogen-bond donors (Lipinski definition) is 2. The molecule has 0 radical (unpaired) electrons. The van der Waals surface area contributed by atoms with E-state index >= 15 is 0 Å². The van der Waals surface area contributed by atoms with Gasteiger partial charge in [-0.2, -0.15) is 5.10 Å². The lowest BCUT2D eigenvalue weighted by molar-refractivity contribution is 0.905. The van der Waals surface area contributed by atoms with E-state index in [9.17, 15) is 4.79 Å². The summed E-state index contributed by atoms with van der Waals surface area (Å²) in [4.78, 5) is 21.9. The minimum Gasteiger partial charge on any atom is -0.339 e. The first-order valence-electron chi connectivity index (χ1n) is 10.3. The highest BCUT2D eigenvalue weighted by Crippen LogP contribution is 2.28. The number of aromatic amines is 1. The predicted molar refractivity (Wildman–Crippen MR) is 127 cm³/mol. The Morgan fingerprint density at radius 3 is 2.66 bits per heavy atom. The number of anilines is 2. The van der Waals surface area contributed by atoms with Crippen molar-refractivity contribution in [1.82, 2.24) is 24.7 Å². The first kappa shape index (κ1) is 19.7. The van der Waals surface area contributed by atoms with Crippen LogP contribution in [-0.4, -0.2) is 24.7 Å². The normalized spacial score (nSPS) is 11.1. The highest BCUT2D eigenvalue weighted by molar-refractivity contribution is 5.85. The number of benzene rings is 1. The van der Waals surface area contributed by atoms with Gasteiger partial charge in [0.05, 0.1) is 16.9 Å². The van der Waals surface area contributed by atoms with Crippen molar-refractivity contribution < 1.29 is 0 Å². The SMILES string of the molecule is Cc1cc2c(cn1)cc(-c1cc(Nc3cc(-c4ccccn4)[nH]n3)ccc1C)c(=O)n2C. The van der Waals surface area contributed by atoms with Crippen molar-refractivity contribution in [1.29, 1.82) is 0 Å². The zero-order valence-electron chi connectivity index (χ0n) is 18.0. The zero-order chi connectivity index (χ0) is 22.2. The van der Waals surface area contributed by atoms with Crippen LogP contribution < -0.4 is 10.9 Å². The quantitative estimate of drug-likeness (QED) is 0.436. The van der Waals surface area contributed by atoms with E-state index in [1.807, 2.05) is 74.6 Å². The molecule has 4 heterocycles. The van der Waals surface area contributed by atoms with E-state index in [0.717, 1.165) is 44.8 Å². The molecule has 0 fully saturated rings. The summed E-state index contributed by atoms with van der Waals surface area (Å²) in [6.07, 6.45) is 3.56. The van der Waals surface area contributed by atoms with E-state index < -0.39 is 0 Å². The Labute approximate surface area is 184 Å². The highest BCUT2D eigenvalue weighted by Gasteiger charge is 2.13. The number of nitrogens with one attached hydrogen (secondary N) is 2. The molecule has 1 aromatic carbocycles. The molecule has 0 aliphatic rings. The Hall–Kier alpha value is -4.26. The standard InChI is InChI=1S/C25H22N6O/c1-15-7-8-18(28-24-13-22(29-30-24)21-6-4-5-9-26-21)12-19(15)20-11-17-14-27-16(2)10-23(17)31(3)25(20)32/h4-14H,1-3H3,(H2,28,29,30). The summed E-state index contributed by atoms with van der Waals surface area (Å²) >= 11 is 0. The number of H-pyrrole nitrogens is 1. The molecule has 0 amide bonds. The van der Waals surface area contributed by atoms with Crippen LogP contribution in [0.3, 0.4) is 0 Å². The van der Waals surface area contributed by atoms with Crippen LogP contribution in [0.1, 0.15) is 11.3 Å². The van der Waals surface area contributed by atoms with Crippen molar-refractivity contribution in [3.8, 4) is 22.5 Å². The third kappa shape index (κ3) is 3.54. The molecule has 0 unspecified atom stereocenters. The number of pyridine rings is 3. The van der Waals surface area contributed by atoms with Crippen molar-refractivity contribution in [2.24, 2.45) is 7.05 Å². The number of rotatable bonds is 4. The average Bonchev–Trinajstić information content (AvgIpc) is 3.27. The first-order valence-corrected chi connectivity index (χ1v) is 10.3. The van der Waals surface area contributed by atoms with Crippen molar-refractivity contribution in [2.45, 2.75) is 13.8 Å². The van der Waals surface area contributed by atoms with Crippen molar-refractivity contribution in [2.75, 3.05) is 5.32 Å².